The molecule has 0 amide bonds. The smallest absolute Gasteiger partial charge is 0.0685 e. The molecule has 3 rings (SSSR count). The highest BCUT2D eigenvalue weighted by Gasteiger charge is 2.58. The zero-order valence-electron chi connectivity index (χ0n) is 12.3. The van der Waals surface area contributed by atoms with Crippen molar-refractivity contribution in [3.8, 4) is 0 Å². The average Bonchev–Trinajstić information content (AvgIpc) is 3.07. The minimum absolute atomic E-state index is 0.318. The Morgan fingerprint density at radius 3 is 2.72 bits per heavy atom. The van der Waals surface area contributed by atoms with Gasteiger partial charge < -0.3 is 10.1 Å². The van der Waals surface area contributed by atoms with Crippen LogP contribution in [0.1, 0.15) is 40.0 Å². The van der Waals surface area contributed by atoms with Crippen molar-refractivity contribution in [3.63, 3.8) is 0 Å². The molecule has 3 aliphatic rings. The summed E-state index contributed by atoms with van der Waals surface area (Å²) in [5.74, 6) is 0.762. The predicted octanol–water partition coefficient (Wildman–Crippen LogP) is 1.87. The molecular formula is C15H28N2O. The molecule has 3 heteroatoms. The van der Waals surface area contributed by atoms with Crippen molar-refractivity contribution in [2.45, 2.75) is 64.3 Å². The Kier molecular flexibility index (Phi) is 3.20. The zero-order chi connectivity index (χ0) is 12.9. The molecule has 2 aliphatic carbocycles. The first-order chi connectivity index (χ1) is 8.51. The molecule has 104 valence electrons. The van der Waals surface area contributed by atoms with E-state index in [1.165, 1.54) is 19.3 Å². The van der Waals surface area contributed by atoms with E-state index in [0.29, 0.717) is 23.6 Å². The summed E-state index contributed by atoms with van der Waals surface area (Å²) in [4.78, 5) is 2.54. The maximum absolute atomic E-state index is 5.85. The highest BCUT2D eigenvalue weighted by Crippen LogP contribution is 2.52. The lowest BCUT2D eigenvalue weighted by Crippen LogP contribution is -2.66. The fourth-order valence-electron chi connectivity index (χ4n) is 4.02. The molecule has 18 heavy (non-hydrogen) atoms. The van der Waals surface area contributed by atoms with Gasteiger partial charge in [-0.15, -0.1) is 0 Å². The number of ether oxygens (including phenoxy) is 1. The van der Waals surface area contributed by atoms with Gasteiger partial charge in [0.2, 0.25) is 0 Å². The molecule has 1 N–H and O–H groups in total. The number of nitrogens with one attached hydrogen (secondary N) is 1. The Balaban J connectivity index is 1.50. The Hall–Kier alpha value is -0.120. The summed E-state index contributed by atoms with van der Waals surface area (Å²) in [5.41, 5.74) is 0.318. The molecule has 0 aromatic carbocycles. The van der Waals surface area contributed by atoms with Crippen LogP contribution in [0.25, 0.3) is 0 Å². The van der Waals surface area contributed by atoms with Crippen LogP contribution in [0.4, 0.5) is 0 Å². The molecule has 4 unspecified atom stereocenters. The van der Waals surface area contributed by atoms with E-state index in [2.05, 4.69) is 38.0 Å². The summed E-state index contributed by atoms with van der Waals surface area (Å²) in [7, 11) is 2.28. The Labute approximate surface area is 111 Å². The minimum atomic E-state index is 0.318. The lowest BCUT2D eigenvalue weighted by atomic mass is 9.57. The molecule has 1 aliphatic heterocycles. The van der Waals surface area contributed by atoms with Crippen molar-refractivity contribution in [2.24, 2.45) is 11.3 Å². The largest absolute Gasteiger partial charge is 0.377 e. The third kappa shape index (κ3) is 2.00. The van der Waals surface area contributed by atoms with E-state index in [1.54, 1.807) is 0 Å². The second-order valence-electron chi connectivity index (χ2n) is 7.20. The first-order valence-electron chi connectivity index (χ1n) is 7.58. The number of nitrogens with zero attached hydrogens (tertiary/aromatic N) is 1. The molecule has 0 aromatic heterocycles. The van der Waals surface area contributed by atoms with Gasteiger partial charge in [-0.05, 0) is 33.2 Å². The summed E-state index contributed by atoms with van der Waals surface area (Å²) in [6.45, 7) is 9.14. The van der Waals surface area contributed by atoms with Gasteiger partial charge in [0.05, 0.1) is 6.10 Å². The van der Waals surface area contributed by atoms with Crippen LogP contribution in [-0.2, 0) is 4.74 Å². The monoisotopic (exact) mass is 252 g/mol. The second kappa shape index (κ2) is 4.46. The second-order valence-corrected chi connectivity index (χ2v) is 7.20. The summed E-state index contributed by atoms with van der Waals surface area (Å²) in [6, 6.07) is 2.16. The molecule has 0 radical (unpaired) electrons. The van der Waals surface area contributed by atoms with Crippen LogP contribution in [0.2, 0.25) is 0 Å². The average molecular weight is 252 g/mol. The number of likely N-dealkylation sites (N-methyl/N-ethyl adjacent to an activating group) is 1. The molecule has 3 nitrogen and oxygen atoms in total. The van der Waals surface area contributed by atoms with Crippen LogP contribution in [-0.4, -0.2) is 49.3 Å². The number of fused-ring (bicyclic) bond motifs is 1. The maximum atomic E-state index is 5.85. The third-order valence-corrected chi connectivity index (χ3v) is 5.55. The molecule has 4 atom stereocenters. The van der Waals surface area contributed by atoms with Gasteiger partial charge in [0, 0.05) is 42.6 Å². The van der Waals surface area contributed by atoms with Crippen molar-refractivity contribution in [1.29, 1.82) is 0 Å². The van der Waals surface area contributed by atoms with Crippen molar-refractivity contribution in [3.05, 3.63) is 0 Å². The topological polar surface area (TPSA) is 24.5 Å². The SMILES string of the molecule is CC(CNC1C2CCOC2C1(C)C)N(C)C1CC1. The standard InChI is InChI=1S/C15H28N2O/c1-10(17(4)11-5-6-11)9-16-13-12-7-8-18-14(12)15(13,2)3/h10-14,16H,5-9H2,1-4H3. The summed E-state index contributed by atoms with van der Waals surface area (Å²) in [5, 5.41) is 3.82. The molecule has 0 bridgehead atoms. The summed E-state index contributed by atoms with van der Waals surface area (Å²) < 4.78 is 5.85. The lowest BCUT2D eigenvalue weighted by Gasteiger charge is -2.55. The van der Waals surface area contributed by atoms with Gasteiger partial charge in [0.1, 0.15) is 0 Å². The predicted molar refractivity (Wildman–Crippen MR) is 73.7 cm³/mol. The minimum Gasteiger partial charge on any atom is -0.377 e. The van der Waals surface area contributed by atoms with Crippen LogP contribution >= 0.6 is 0 Å². The van der Waals surface area contributed by atoms with E-state index in [-0.39, 0.29) is 0 Å². The molecular weight excluding hydrogens is 224 g/mol. The fourth-order valence-corrected chi connectivity index (χ4v) is 4.02. The van der Waals surface area contributed by atoms with E-state index in [9.17, 15) is 0 Å². The quantitative estimate of drug-likeness (QED) is 0.808. The van der Waals surface area contributed by atoms with Gasteiger partial charge >= 0.3 is 0 Å². The number of hydrogen-bond donors (Lipinski definition) is 1. The van der Waals surface area contributed by atoms with Gasteiger partial charge in [-0.25, -0.2) is 0 Å². The first kappa shape index (κ1) is 12.9. The molecule has 1 heterocycles. The normalized spacial score (nSPS) is 39.5. The van der Waals surface area contributed by atoms with Crippen LogP contribution in [0.15, 0.2) is 0 Å². The third-order valence-electron chi connectivity index (χ3n) is 5.55. The van der Waals surface area contributed by atoms with Gasteiger partial charge in [-0.2, -0.15) is 0 Å². The Morgan fingerprint density at radius 1 is 1.33 bits per heavy atom. The van der Waals surface area contributed by atoms with Crippen LogP contribution in [0, 0.1) is 11.3 Å². The molecule has 0 spiro atoms. The Bertz CT molecular complexity index is 314. The Morgan fingerprint density at radius 2 is 2.06 bits per heavy atom. The van der Waals surface area contributed by atoms with Gasteiger partial charge in [0.15, 0.2) is 0 Å². The first-order valence-corrected chi connectivity index (χ1v) is 7.58. The van der Waals surface area contributed by atoms with Crippen molar-refractivity contribution in [2.75, 3.05) is 20.2 Å². The summed E-state index contributed by atoms with van der Waals surface area (Å²) in [6.07, 6.45) is 4.55. The number of rotatable bonds is 5. The van der Waals surface area contributed by atoms with E-state index in [0.717, 1.165) is 25.1 Å². The lowest BCUT2D eigenvalue weighted by molar-refractivity contribution is -0.113. The van der Waals surface area contributed by atoms with Crippen LogP contribution < -0.4 is 5.32 Å². The molecule has 2 saturated carbocycles. The maximum Gasteiger partial charge on any atom is 0.0685 e. The van der Waals surface area contributed by atoms with Gasteiger partial charge in [-0.1, -0.05) is 13.8 Å². The van der Waals surface area contributed by atoms with Crippen LogP contribution in [0.5, 0.6) is 0 Å². The molecule has 1 saturated heterocycles. The van der Waals surface area contributed by atoms with Crippen molar-refractivity contribution >= 4 is 0 Å². The van der Waals surface area contributed by atoms with Gasteiger partial charge in [-0.3, -0.25) is 4.90 Å². The zero-order valence-corrected chi connectivity index (χ0v) is 12.3. The van der Waals surface area contributed by atoms with E-state index in [4.69, 9.17) is 4.74 Å². The molecule has 0 aromatic rings. The van der Waals surface area contributed by atoms with E-state index in [1.807, 2.05) is 0 Å². The van der Waals surface area contributed by atoms with E-state index >= 15 is 0 Å². The van der Waals surface area contributed by atoms with Gasteiger partial charge in [0.25, 0.3) is 0 Å². The van der Waals surface area contributed by atoms with Crippen LogP contribution in [0.3, 0.4) is 0 Å². The van der Waals surface area contributed by atoms with Crippen molar-refractivity contribution < 1.29 is 4.74 Å². The molecule has 3 fully saturated rings. The highest BCUT2D eigenvalue weighted by molar-refractivity contribution is 5.11. The van der Waals surface area contributed by atoms with Crippen molar-refractivity contribution in [1.82, 2.24) is 10.2 Å². The highest BCUT2D eigenvalue weighted by atomic mass is 16.5. The summed E-state index contributed by atoms with van der Waals surface area (Å²) >= 11 is 0. The number of hydrogen-bond acceptors (Lipinski definition) is 3. The fraction of sp³-hybridized carbons (Fsp3) is 1.00. The van der Waals surface area contributed by atoms with E-state index < -0.39 is 0 Å².